The Morgan fingerprint density at radius 1 is 0.767 bits per heavy atom. The second-order valence-electron chi connectivity index (χ2n) is 11.8. The summed E-state index contributed by atoms with van der Waals surface area (Å²) in [6, 6.07) is 7.93. The lowest BCUT2D eigenvalue weighted by Gasteiger charge is -2.42. The molecule has 1 aliphatic rings. The van der Waals surface area contributed by atoms with Gasteiger partial charge in [0.2, 0.25) is 11.8 Å². The molecule has 5 rings (SSSR count). The number of aryl methyl sites for hydroxylation is 4. The molecule has 0 saturated carbocycles. The van der Waals surface area contributed by atoms with E-state index in [0.29, 0.717) is 20.0 Å². The molecule has 0 aliphatic carbocycles. The lowest BCUT2D eigenvalue weighted by molar-refractivity contribution is -0.132. The van der Waals surface area contributed by atoms with E-state index in [4.69, 9.17) is 21.4 Å². The normalized spacial score (nSPS) is 12.6. The highest BCUT2D eigenvalue weighted by molar-refractivity contribution is 5.97. The number of hydrogen-bond acceptors (Lipinski definition) is 8. The highest BCUT2D eigenvalue weighted by Gasteiger charge is 2.27. The fourth-order valence-electron chi connectivity index (χ4n) is 5.32. The van der Waals surface area contributed by atoms with Crippen LogP contribution in [0.1, 0.15) is 47.2 Å². The van der Waals surface area contributed by atoms with E-state index in [-0.39, 0.29) is 11.8 Å². The SMILES string of the molecule is CC(=O)N(C)CN(C)c1cc(N)c2c(C)c(C)c(C)cc2n1.CC(=O)N1CN(c2cc(N)c3c(C)c(C)c(C)cc3n2)C1. The Morgan fingerprint density at radius 2 is 1.26 bits per heavy atom. The molecule has 3 heterocycles. The van der Waals surface area contributed by atoms with Gasteiger partial charge in [-0.15, -0.1) is 0 Å². The number of aromatic nitrogens is 2. The first-order chi connectivity index (χ1) is 20.1. The van der Waals surface area contributed by atoms with Crippen molar-refractivity contribution >= 4 is 56.6 Å². The van der Waals surface area contributed by atoms with Crippen molar-refractivity contribution in [3.8, 4) is 0 Å². The number of nitrogens with two attached hydrogens (primary N) is 2. The van der Waals surface area contributed by atoms with Gasteiger partial charge in [0.25, 0.3) is 0 Å². The van der Waals surface area contributed by atoms with Crippen LogP contribution in [0.5, 0.6) is 0 Å². The summed E-state index contributed by atoms with van der Waals surface area (Å²) in [4.78, 5) is 39.4. The minimum atomic E-state index is 0.0166. The summed E-state index contributed by atoms with van der Waals surface area (Å²) in [5, 5.41) is 2.05. The number of nitrogen functional groups attached to an aromatic ring is 2. The van der Waals surface area contributed by atoms with Gasteiger partial charge >= 0.3 is 0 Å². The molecule has 0 bridgehead atoms. The van der Waals surface area contributed by atoms with E-state index < -0.39 is 0 Å². The molecule has 1 saturated heterocycles. The van der Waals surface area contributed by atoms with Gasteiger partial charge in [-0.1, -0.05) is 0 Å². The standard InChI is InChI=1S/C17H24N4O.C16H20N4O/c1-10-7-15-17(12(3)11(10)2)14(18)8-16(19-15)21(6)9-20(5)13(4)22;1-9-5-14-16(11(3)10(9)2)13(17)6-15(18-14)20-7-19(8-20)12(4)21/h7-8H,9H2,1-6H3,(H2,18,19);5-6H,7-8H2,1-4H3,(H2,17,18). The van der Waals surface area contributed by atoms with Crippen molar-refractivity contribution in [2.45, 2.75) is 55.4 Å². The van der Waals surface area contributed by atoms with Gasteiger partial charge in [-0.3, -0.25) is 9.59 Å². The third-order valence-electron chi connectivity index (χ3n) is 8.70. The van der Waals surface area contributed by atoms with Gasteiger partial charge < -0.3 is 31.1 Å². The van der Waals surface area contributed by atoms with Crippen LogP contribution in [0.15, 0.2) is 24.3 Å². The number of pyridine rings is 2. The first-order valence-corrected chi connectivity index (χ1v) is 14.4. The van der Waals surface area contributed by atoms with Crippen molar-refractivity contribution in [2.24, 2.45) is 0 Å². The first-order valence-electron chi connectivity index (χ1n) is 14.4. The minimum absolute atomic E-state index is 0.0166. The monoisotopic (exact) mass is 584 g/mol. The molecule has 10 nitrogen and oxygen atoms in total. The number of nitrogens with zero attached hydrogens (tertiary/aromatic N) is 6. The van der Waals surface area contributed by atoms with Gasteiger partial charge in [0.1, 0.15) is 11.6 Å². The molecule has 0 atom stereocenters. The number of rotatable bonds is 4. The van der Waals surface area contributed by atoms with E-state index in [2.05, 4.69) is 53.7 Å². The van der Waals surface area contributed by atoms with Crippen molar-refractivity contribution in [1.29, 1.82) is 0 Å². The van der Waals surface area contributed by atoms with Gasteiger partial charge in [0.05, 0.1) is 31.0 Å². The van der Waals surface area contributed by atoms with Crippen LogP contribution in [0, 0.1) is 41.5 Å². The molecule has 43 heavy (non-hydrogen) atoms. The van der Waals surface area contributed by atoms with Crippen LogP contribution in [0.25, 0.3) is 21.8 Å². The summed E-state index contributed by atoms with van der Waals surface area (Å²) in [5.41, 5.74) is 23.1. The van der Waals surface area contributed by atoms with E-state index in [0.717, 1.165) is 44.8 Å². The number of fused-ring (bicyclic) bond motifs is 2. The summed E-state index contributed by atoms with van der Waals surface area (Å²) in [6.45, 7) is 17.3. The van der Waals surface area contributed by atoms with E-state index in [1.165, 1.54) is 33.4 Å². The van der Waals surface area contributed by atoms with Gasteiger partial charge in [-0.2, -0.15) is 0 Å². The largest absolute Gasteiger partial charge is 0.398 e. The van der Waals surface area contributed by atoms with Gasteiger partial charge in [-0.25, -0.2) is 9.97 Å². The number of hydrogen-bond donors (Lipinski definition) is 2. The number of anilines is 4. The second-order valence-corrected chi connectivity index (χ2v) is 11.8. The average Bonchev–Trinajstić information content (AvgIpc) is 2.89. The predicted molar refractivity (Wildman–Crippen MR) is 177 cm³/mol. The van der Waals surface area contributed by atoms with Crippen molar-refractivity contribution in [3.63, 3.8) is 0 Å². The van der Waals surface area contributed by atoms with Crippen LogP contribution < -0.4 is 21.3 Å². The Morgan fingerprint density at radius 3 is 1.74 bits per heavy atom. The molecule has 2 aromatic heterocycles. The molecule has 4 aromatic rings. The maximum absolute atomic E-state index is 11.4. The van der Waals surface area contributed by atoms with Crippen LogP contribution >= 0.6 is 0 Å². The Bertz CT molecular complexity index is 1740. The van der Waals surface area contributed by atoms with E-state index in [1.807, 2.05) is 29.0 Å². The lowest BCUT2D eigenvalue weighted by atomic mass is 9.98. The van der Waals surface area contributed by atoms with E-state index in [1.54, 1.807) is 30.7 Å². The molecule has 10 heteroatoms. The maximum Gasteiger partial charge on any atom is 0.222 e. The van der Waals surface area contributed by atoms with E-state index >= 15 is 0 Å². The highest BCUT2D eigenvalue weighted by atomic mass is 16.2. The molecule has 1 aliphatic heterocycles. The number of carbonyl (C=O) groups excluding carboxylic acids is 2. The van der Waals surface area contributed by atoms with Crippen LogP contribution in [0.2, 0.25) is 0 Å². The topological polar surface area (TPSA) is 125 Å². The zero-order valence-electron chi connectivity index (χ0n) is 27.1. The number of carbonyl (C=O) groups is 2. The molecule has 0 radical (unpaired) electrons. The third-order valence-corrected chi connectivity index (χ3v) is 8.70. The lowest BCUT2D eigenvalue weighted by Crippen LogP contribution is -2.57. The number of amides is 2. The zero-order chi connectivity index (χ0) is 31.9. The quantitative estimate of drug-likeness (QED) is 0.323. The highest BCUT2D eigenvalue weighted by Crippen LogP contribution is 2.33. The van der Waals surface area contributed by atoms with Crippen molar-refractivity contribution in [1.82, 2.24) is 19.8 Å². The Hall–Kier alpha value is -4.60. The smallest absolute Gasteiger partial charge is 0.222 e. The fourth-order valence-corrected chi connectivity index (χ4v) is 5.32. The Kier molecular flexibility index (Phi) is 8.71. The Balaban J connectivity index is 0.000000197. The summed E-state index contributed by atoms with van der Waals surface area (Å²) in [6.07, 6.45) is 0. The van der Waals surface area contributed by atoms with Gasteiger partial charge in [0.15, 0.2) is 0 Å². The molecular formula is C33H44N8O2. The number of benzene rings is 2. The summed E-state index contributed by atoms with van der Waals surface area (Å²) < 4.78 is 0. The molecular weight excluding hydrogens is 540 g/mol. The fraction of sp³-hybridized carbons (Fsp3) is 0.394. The maximum atomic E-state index is 11.4. The molecule has 2 aromatic carbocycles. The molecule has 0 unspecified atom stereocenters. The van der Waals surface area contributed by atoms with E-state index in [9.17, 15) is 9.59 Å². The second kappa shape index (κ2) is 11.9. The molecule has 1 fully saturated rings. The first kappa shape index (κ1) is 31.3. The van der Waals surface area contributed by atoms with Crippen molar-refractivity contribution < 1.29 is 9.59 Å². The van der Waals surface area contributed by atoms with Gasteiger partial charge in [-0.05, 0) is 87.1 Å². The summed E-state index contributed by atoms with van der Waals surface area (Å²) >= 11 is 0. The predicted octanol–water partition coefficient (Wildman–Crippen LogP) is 4.94. The zero-order valence-corrected chi connectivity index (χ0v) is 27.1. The molecule has 4 N–H and O–H groups in total. The van der Waals surface area contributed by atoms with Gasteiger partial charge in [0, 0.05) is 62.2 Å². The van der Waals surface area contributed by atoms with Crippen LogP contribution in [0.4, 0.5) is 23.0 Å². The van der Waals surface area contributed by atoms with Crippen LogP contribution in [-0.2, 0) is 9.59 Å². The Labute approximate surface area is 254 Å². The molecule has 228 valence electrons. The molecule has 2 amide bonds. The van der Waals surface area contributed by atoms with Crippen molar-refractivity contribution in [3.05, 3.63) is 57.6 Å². The third kappa shape index (κ3) is 6.14. The summed E-state index contributed by atoms with van der Waals surface area (Å²) in [7, 11) is 3.67. The van der Waals surface area contributed by atoms with Crippen molar-refractivity contribution in [2.75, 3.05) is 55.4 Å². The molecule has 0 spiro atoms. The average molecular weight is 585 g/mol. The van der Waals surface area contributed by atoms with Crippen LogP contribution in [0.3, 0.4) is 0 Å². The van der Waals surface area contributed by atoms with Crippen LogP contribution in [-0.4, -0.2) is 65.7 Å². The summed E-state index contributed by atoms with van der Waals surface area (Å²) in [5.74, 6) is 1.70. The minimum Gasteiger partial charge on any atom is -0.398 e.